The molecule has 1 N–H and O–H groups in total. The lowest BCUT2D eigenvalue weighted by Gasteiger charge is -2.09. The van der Waals surface area contributed by atoms with Gasteiger partial charge in [-0.2, -0.15) is 0 Å². The van der Waals surface area contributed by atoms with Crippen LogP contribution in [0.5, 0.6) is 5.75 Å². The summed E-state index contributed by atoms with van der Waals surface area (Å²) in [4.78, 5) is 24.7. The molecule has 0 saturated heterocycles. The largest absolute Gasteiger partial charge is 0.497 e. The fourth-order valence-electron chi connectivity index (χ4n) is 2.71. The van der Waals surface area contributed by atoms with Gasteiger partial charge in [-0.1, -0.05) is 12.1 Å². The van der Waals surface area contributed by atoms with Gasteiger partial charge in [-0.25, -0.2) is 24.3 Å². The lowest BCUT2D eigenvalue weighted by atomic mass is 10.1. The highest BCUT2D eigenvalue weighted by molar-refractivity contribution is 5.90. The van der Waals surface area contributed by atoms with Crippen molar-refractivity contribution in [2.24, 2.45) is 0 Å². The zero-order chi connectivity index (χ0) is 15.1. The van der Waals surface area contributed by atoms with Crippen molar-refractivity contribution in [3.8, 4) is 5.75 Å². The summed E-state index contributed by atoms with van der Waals surface area (Å²) in [5.41, 5.74) is 2.27. The third-order valence-corrected chi connectivity index (χ3v) is 3.77. The van der Waals surface area contributed by atoms with Crippen LogP contribution >= 0.6 is 0 Å². The Morgan fingerprint density at radius 3 is 2.91 bits per heavy atom. The van der Waals surface area contributed by atoms with E-state index < -0.39 is 0 Å². The SMILES string of the molecule is COc1ccc(CC2NC(=O)n3c2nc2ncncc23)cc1. The lowest BCUT2D eigenvalue weighted by molar-refractivity contribution is 0.245. The zero-order valence-electron chi connectivity index (χ0n) is 11.9. The molecule has 22 heavy (non-hydrogen) atoms. The number of imidazole rings is 1. The summed E-state index contributed by atoms with van der Waals surface area (Å²) in [6, 6.07) is 7.41. The summed E-state index contributed by atoms with van der Waals surface area (Å²) in [6.07, 6.45) is 3.70. The molecule has 0 fully saturated rings. The molecule has 1 aliphatic heterocycles. The minimum absolute atomic E-state index is 0.171. The quantitative estimate of drug-likeness (QED) is 0.795. The van der Waals surface area contributed by atoms with Crippen molar-refractivity contribution in [2.45, 2.75) is 12.5 Å². The number of aromatic nitrogens is 4. The van der Waals surface area contributed by atoms with Crippen LogP contribution in [0.25, 0.3) is 11.2 Å². The van der Waals surface area contributed by atoms with E-state index in [9.17, 15) is 4.79 Å². The molecule has 1 aromatic carbocycles. The Morgan fingerprint density at radius 2 is 2.14 bits per heavy atom. The maximum atomic E-state index is 12.2. The molecule has 1 amide bonds. The Hall–Kier alpha value is -2.96. The predicted octanol–water partition coefficient (Wildman–Crippen LogP) is 1.69. The molecular weight excluding hydrogens is 282 g/mol. The Morgan fingerprint density at radius 1 is 1.32 bits per heavy atom. The van der Waals surface area contributed by atoms with Crippen LogP contribution in [0.3, 0.4) is 0 Å². The normalized spacial score (nSPS) is 16.6. The smallest absolute Gasteiger partial charge is 0.328 e. The number of hydrogen-bond acceptors (Lipinski definition) is 5. The van der Waals surface area contributed by atoms with Gasteiger partial charge >= 0.3 is 6.03 Å². The fraction of sp³-hybridized carbons (Fsp3) is 0.200. The molecule has 2 aromatic heterocycles. The Kier molecular flexibility index (Phi) is 2.78. The Bertz CT molecular complexity index is 856. The van der Waals surface area contributed by atoms with Crippen LogP contribution in [0.1, 0.15) is 17.4 Å². The van der Waals surface area contributed by atoms with Crippen molar-refractivity contribution in [1.29, 1.82) is 0 Å². The van der Waals surface area contributed by atoms with Gasteiger partial charge in [0.1, 0.15) is 23.4 Å². The Balaban J connectivity index is 1.69. The van der Waals surface area contributed by atoms with Crippen molar-refractivity contribution in [2.75, 3.05) is 7.11 Å². The molecule has 110 valence electrons. The van der Waals surface area contributed by atoms with Crippen LogP contribution in [0.15, 0.2) is 36.8 Å². The van der Waals surface area contributed by atoms with Crippen molar-refractivity contribution < 1.29 is 9.53 Å². The molecule has 7 heteroatoms. The number of nitrogens with zero attached hydrogens (tertiary/aromatic N) is 4. The first-order chi connectivity index (χ1) is 10.8. The number of benzene rings is 1. The standard InChI is InChI=1S/C15H13N5O2/c1-22-10-4-2-9(3-5-10)6-11-14-19-13-12(7-16-8-17-13)20(14)15(21)18-11/h2-5,7-8,11H,6H2,1H3,(H,18,21). The number of amides is 1. The molecule has 0 spiro atoms. The van der Waals surface area contributed by atoms with Crippen LogP contribution in [0, 0.1) is 0 Å². The number of carbonyl (C=O) groups is 1. The summed E-state index contributed by atoms with van der Waals surface area (Å²) in [5, 5.41) is 2.94. The van der Waals surface area contributed by atoms with Gasteiger partial charge in [0.15, 0.2) is 5.65 Å². The number of ether oxygens (including phenoxy) is 1. The number of rotatable bonds is 3. The molecule has 0 saturated carbocycles. The third-order valence-electron chi connectivity index (χ3n) is 3.77. The van der Waals surface area contributed by atoms with E-state index in [0.29, 0.717) is 23.4 Å². The molecule has 1 unspecified atom stereocenters. The molecular formula is C15H13N5O2. The first kappa shape index (κ1) is 12.8. The molecule has 4 rings (SSSR count). The van der Waals surface area contributed by atoms with E-state index in [2.05, 4.69) is 20.3 Å². The molecule has 3 heterocycles. The van der Waals surface area contributed by atoms with Crippen molar-refractivity contribution in [3.05, 3.63) is 48.2 Å². The van der Waals surface area contributed by atoms with Crippen molar-refractivity contribution in [1.82, 2.24) is 24.8 Å². The maximum Gasteiger partial charge on any atom is 0.328 e. The van der Waals surface area contributed by atoms with Gasteiger partial charge in [-0.3, -0.25) is 0 Å². The minimum Gasteiger partial charge on any atom is -0.497 e. The fourth-order valence-corrected chi connectivity index (χ4v) is 2.71. The molecule has 3 aromatic rings. The second-order valence-electron chi connectivity index (χ2n) is 5.09. The molecule has 1 aliphatic rings. The second-order valence-corrected chi connectivity index (χ2v) is 5.09. The van der Waals surface area contributed by atoms with Crippen LogP contribution in [-0.4, -0.2) is 32.7 Å². The zero-order valence-corrected chi connectivity index (χ0v) is 11.9. The first-order valence-electron chi connectivity index (χ1n) is 6.88. The van der Waals surface area contributed by atoms with Gasteiger partial charge < -0.3 is 10.1 Å². The average Bonchev–Trinajstić information content (AvgIpc) is 3.07. The summed E-state index contributed by atoms with van der Waals surface area (Å²) in [5.74, 6) is 1.48. The molecule has 1 atom stereocenters. The van der Waals surface area contributed by atoms with Gasteiger partial charge in [0.2, 0.25) is 0 Å². The highest BCUT2D eigenvalue weighted by Crippen LogP contribution is 2.27. The van der Waals surface area contributed by atoms with E-state index in [1.165, 1.54) is 6.33 Å². The number of hydrogen-bond donors (Lipinski definition) is 1. The predicted molar refractivity (Wildman–Crippen MR) is 78.7 cm³/mol. The van der Waals surface area contributed by atoms with Crippen molar-refractivity contribution >= 4 is 17.2 Å². The van der Waals surface area contributed by atoms with Crippen LogP contribution < -0.4 is 10.1 Å². The van der Waals surface area contributed by atoms with Crippen molar-refractivity contribution in [3.63, 3.8) is 0 Å². The lowest BCUT2D eigenvalue weighted by Crippen LogP contribution is -2.22. The second kappa shape index (κ2) is 4.80. The highest BCUT2D eigenvalue weighted by atomic mass is 16.5. The van der Waals surface area contributed by atoms with E-state index in [1.54, 1.807) is 17.9 Å². The van der Waals surface area contributed by atoms with Gasteiger partial charge in [-0.05, 0) is 24.1 Å². The van der Waals surface area contributed by atoms with E-state index in [0.717, 1.165) is 11.3 Å². The molecule has 0 bridgehead atoms. The minimum atomic E-state index is -0.189. The number of nitrogens with one attached hydrogen (secondary N) is 1. The van der Waals surface area contributed by atoms with Gasteiger partial charge in [0, 0.05) is 0 Å². The maximum absolute atomic E-state index is 12.2. The summed E-state index contributed by atoms with van der Waals surface area (Å²) in [7, 11) is 1.63. The topological polar surface area (TPSA) is 81.9 Å². The van der Waals surface area contributed by atoms with Gasteiger partial charge in [0.25, 0.3) is 0 Å². The summed E-state index contributed by atoms with van der Waals surface area (Å²) < 4.78 is 6.70. The molecule has 7 nitrogen and oxygen atoms in total. The molecule has 0 aliphatic carbocycles. The third kappa shape index (κ3) is 1.90. The van der Waals surface area contributed by atoms with E-state index in [4.69, 9.17) is 4.74 Å². The Labute approximate surface area is 126 Å². The van der Waals surface area contributed by atoms with E-state index >= 15 is 0 Å². The summed E-state index contributed by atoms with van der Waals surface area (Å²) in [6.45, 7) is 0. The van der Waals surface area contributed by atoms with Crippen LogP contribution in [0.4, 0.5) is 4.79 Å². The number of methoxy groups -OCH3 is 1. The van der Waals surface area contributed by atoms with Crippen LogP contribution in [-0.2, 0) is 6.42 Å². The van der Waals surface area contributed by atoms with E-state index in [-0.39, 0.29) is 12.1 Å². The van der Waals surface area contributed by atoms with Crippen LogP contribution in [0.2, 0.25) is 0 Å². The van der Waals surface area contributed by atoms with Gasteiger partial charge in [0.05, 0.1) is 19.3 Å². The molecule has 0 radical (unpaired) electrons. The number of fused-ring (bicyclic) bond motifs is 3. The highest BCUT2D eigenvalue weighted by Gasteiger charge is 2.32. The summed E-state index contributed by atoms with van der Waals surface area (Å²) >= 11 is 0. The van der Waals surface area contributed by atoms with E-state index in [1.807, 2.05) is 24.3 Å². The number of carbonyl (C=O) groups excluding carboxylic acids is 1. The average molecular weight is 295 g/mol. The first-order valence-corrected chi connectivity index (χ1v) is 6.88. The monoisotopic (exact) mass is 295 g/mol. The van der Waals surface area contributed by atoms with Gasteiger partial charge in [-0.15, -0.1) is 0 Å².